The first-order valence-electron chi connectivity index (χ1n) is 11.3. The molecule has 2 aromatic carbocycles. The van der Waals surface area contributed by atoms with Crippen LogP contribution in [-0.2, 0) is 14.4 Å². The summed E-state index contributed by atoms with van der Waals surface area (Å²) in [6, 6.07) is 13.3. The fraction of sp³-hybridized carbons (Fsp3) is 0.346. The van der Waals surface area contributed by atoms with Crippen LogP contribution in [-0.4, -0.2) is 43.1 Å². The molecule has 7 nitrogen and oxygen atoms in total. The molecular weight excluding hydrogens is 475 g/mol. The third-order valence-electron chi connectivity index (χ3n) is 6.04. The van der Waals surface area contributed by atoms with Crippen molar-refractivity contribution in [1.29, 1.82) is 0 Å². The van der Waals surface area contributed by atoms with E-state index < -0.39 is 35.9 Å². The molecule has 1 unspecified atom stereocenters. The van der Waals surface area contributed by atoms with Gasteiger partial charge in [-0.25, -0.2) is 0 Å². The van der Waals surface area contributed by atoms with Gasteiger partial charge in [-0.15, -0.1) is 0 Å². The number of ether oxygens (including phenoxy) is 1. The second-order valence-corrected chi connectivity index (χ2v) is 8.92. The number of halogens is 3. The number of aryl methyl sites for hydroxylation is 1. The number of rotatable bonds is 8. The minimum absolute atomic E-state index is 0.0785. The van der Waals surface area contributed by atoms with Crippen LogP contribution in [0.1, 0.15) is 37.3 Å². The van der Waals surface area contributed by atoms with Crippen LogP contribution in [0.25, 0.3) is 5.57 Å². The van der Waals surface area contributed by atoms with E-state index in [0.29, 0.717) is 22.6 Å². The number of hydrogen-bond donors (Lipinski definition) is 2. The van der Waals surface area contributed by atoms with Crippen molar-refractivity contribution >= 4 is 29.0 Å². The second kappa shape index (κ2) is 10.4. The molecular formula is C26H28F3N3O4. The average Bonchev–Trinajstić information content (AvgIpc) is 2.80. The first kappa shape index (κ1) is 26.8. The molecule has 0 saturated heterocycles. The Morgan fingerprint density at radius 1 is 1.11 bits per heavy atom. The first-order valence-corrected chi connectivity index (χ1v) is 11.3. The number of alkyl halides is 3. The van der Waals surface area contributed by atoms with E-state index in [1.54, 1.807) is 48.5 Å². The van der Waals surface area contributed by atoms with Crippen molar-refractivity contribution in [2.45, 2.75) is 44.8 Å². The Morgan fingerprint density at radius 3 is 2.25 bits per heavy atom. The predicted molar refractivity (Wildman–Crippen MR) is 129 cm³/mol. The predicted octanol–water partition coefficient (Wildman–Crippen LogP) is 3.90. The van der Waals surface area contributed by atoms with E-state index >= 15 is 0 Å². The van der Waals surface area contributed by atoms with Gasteiger partial charge in [-0.3, -0.25) is 14.4 Å². The van der Waals surface area contributed by atoms with Gasteiger partial charge in [0.15, 0.2) is 0 Å². The van der Waals surface area contributed by atoms with Gasteiger partial charge < -0.3 is 20.7 Å². The monoisotopic (exact) mass is 503 g/mol. The van der Waals surface area contributed by atoms with E-state index in [4.69, 9.17) is 10.5 Å². The standard InChI is InChI=1S/C26H28F3N3O4/c1-16-5-7-17(8-6-16)20-15-25(2,31-23(34)21(20)22(30)33)24(35)32(14-4-13-26(27,28)29)18-9-11-19(36-3)12-10-18/h5-12H,4,13-15H2,1-3H3,(H2,30,33)(H,31,34). The lowest BCUT2D eigenvalue weighted by Gasteiger charge is -2.39. The minimum atomic E-state index is -4.38. The van der Waals surface area contributed by atoms with Crippen molar-refractivity contribution in [2.75, 3.05) is 18.6 Å². The van der Waals surface area contributed by atoms with Crippen molar-refractivity contribution < 1.29 is 32.3 Å². The molecule has 1 atom stereocenters. The van der Waals surface area contributed by atoms with Gasteiger partial charge in [0.25, 0.3) is 17.7 Å². The molecule has 2 aromatic rings. The molecule has 192 valence electrons. The van der Waals surface area contributed by atoms with Crippen molar-refractivity contribution in [3.05, 3.63) is 65.2 Å². The van der Waals surface area contributed by atoms with Crippen molar-refractivity contribution in [1.82, 2.24) is 5.32 Å². The number of hydrogen-bond acceptors (Lipinski definition) is 4. The molecule has 10 heteroatoms. The summed E-state index contributed by atoms with van der Waals surface area (Å²) in [7, 11) is 1.47. The van der Waals surface area contributed by atoms with Crippen LogP contribution in [0.5, 0.6) is 5.75 Å². The molecule has 3 N–H and O–H groups in total. The SMILES string of the molecule is COc1ccc(N(CCCC(F)(F)F)C(=O)C2(C)CC(c3ccc(C)cc3)=C(C(N)=O)C(=O)N2)cc1. The quantitative estimate of drug-likeness (QED) is 0.534. The topological polar surface area (TPSA) is 102 Å². The fourth-order valence-electron chi connectivity index (χ4n) is 4.17. The number of nitrogens with two attached hydrogens (primary N) is 1. The largest absolute Gasteiger partial charge is 0.497 e. The number of nitrogens with one attached hydrogen (secondary N) is 1. The summed E-state index contributed by atoms with van der Waals surface area (Å²) in [6.07, 6.45) is -5.87. The van der Waals surface area contributed by atoms with Crippen LogP contribution in [0.3, 0.4) is 0 Å². The number of primary amides is 1. The van der Waals surface area contributed by atoms with Crippen molar-refractivity contribution in [2.24, 2.45) is 5.73 Å². The van der Waals surface area contributed by atoms with Gasteiger partial charge in [-0.2, -0.15) is 13.2 Å². The molecule has 0 aliphatic carbocycles. The third-order valence-corrected chi connectivity index (χ3v) is 6.04. The Morgan fingerprint density at radius 2 is 1.72 bits per heavy atom. The molecule has 3 rings (SSSR count). The van der Waals surface area contributed by atoms with Crippen molar-refractivity contribution in [3.63, 3.8) is 0 Å². The Hall–Kier alpha value is -3.82. The molecule has 0 spiro atoms. The van der Waals surface area contributed by atoms with E-state index in [1.165, 1.54) is 18.9 Å². The van der Waals surface area contributed by atoms with E-state index in [0.717, 1.165) is 5.56 Å². The number of benzene rings is 2. The summed E-state index contributed by atoms with van der Waals surface area (Å²) < 4.78 is 43.7. The van der Waals surface area contributed by atoms with Gasteiger partial charge in [0.2, 0.25) is 0 Å². The number of nitrogens with zero attached hydrogens (tertiary/aromatic N) is 1. The lowest BCUT2D eigenvalue weighted by Crippen LogP contribution is -2.61. The fourth-order valence-corrected chi connectivity index (χ4v) is 4.17. The highest BCUT2D eigenvalue weighted by Gasteiger charge is 2.45. The van der Waals surface area contributed by atoms with E-state index in [2.05, 4.69) is 5.32 Å². The molecule has 36 heavy (non-hydrogen) atoms. The van der Waals surface area contributed by atoms with Crippen LogP contribution < -0.4 is 20.7 Å². The zero-order valence-electron chi connectivity index (χ0n) is 20.2. The highest BCUT2D eigenvalue weighted by atomic mass is 19.4. The lowest BCUT2D eigenvalue weighted by atomic mass is 9.81. The molecule has 0 fully saturated rings. The van der Waals surface area contributed by atoms with Gasteiger partial charge in [-0.1, -0.05) is 29.8 Å². The number of amides is 3. The maximum Gasteiger partial charge on any atom is 0.389 e. The Labute approximate surface area is 207 Å². The van der Waals surface area contributed by atoms with Crippen LogP contribution in [0.4, 0.5) is 18.9 Å². The van der Waals surface area contributed by atoms with Gasteiger partial charge in [0.1, 0.15) is 16.9 Å². The second-order valence-electron chi connectivity index (χ2n) is 8.92. The van der Waals surface area contributed by atoms with Gasteiger partial charge >= 0.3 is 6.18 Å². The third kappa shape index (κ3) is 6.05. The van der Waals surface area contributed by atoms with Crippen LogP contribution in [0, 0.1) is 6.92 Å². The zero-order chi connectivity index (χ0) is 26.7. The summed E-state index contributed by atoms with van der Waals surface area (Å²) in [5.74, 6) is -1.86. The molecule has 3 amide bonds. The van der Waals surface area contributed by atoms with Crippen LogP contribution in [0.2, 0.25) is 0 Å². The summed E-state index contributed by atoms with van der Waals surface area (Å²) in [6.45, 7) is 3.13. The molecule has 1 aliphatic rings. The van der Waals surface area contributed by atoms with E-state index in [1.807, 2.05) is 6.92 Å². The van der Waals surface area contributed by atoms with Crippen LogP contribution >= 0.6 is 0 Å². The van der Waals surface area contributed by atoms with Gasteiger partial charge in [0.05, 0.1) is 7.11 Å². The lowest BCUT2D eigenvalue weighted by molar-refractivity contribution is -0.136. The Kier molecular flexibility index (Phi) is 7.76. The summed E-state index contributed by atoms with van der Waals surface area (Å²) in [5.41, 5.74) is 5.84. The smallest absolute Gasteiger partial charge is 0.389 e. The zero-order valence-corrected chi connectivity index (χ0v) is 20.2. The number of anilines is 1. The first-order chi connectivity index (χ1) is 16.8. The number of carbonyl (C=O) groups is 3. The maximum absolute atomic E-state index is 13.8. The number of carbonyl (C=O) groups excluding carboxylic acids is 3. The number of methoxy groups -OCH3 is 1. The van der Waals surface area contributed by atoms with Gasteiger partial charge in [-0.05, 0) is 55.7 Å². The molecule has 0 bridgehead atoms. The van der Waals surface area contributed by atoms with Crippen molar-refractivity contribution in [3.8, 4) is 5.75 Å². The Bertz CT molecular complexity index is 1170. The molecule has 1 heterocycles. The summed E-state index contributed by atoms with van der Waals surface area (Å²) in [4.78, 5) is 40.2. The summed E-state index contributed by atoms with van der Waals surface area (Å²) >= 11 is 0. The maximum atomic E-state index is 13.8. The molecule has 0 saturated carbocycles. The van der Waals surface area contributed by atoms with Gasteiger partial charge in [0, 0.05) is 25.1 Å². The normalized spacial score (nSPS) is 18.0. The molecule has 0 aromatic heterocycles. The molecule has 1 aliphatic heterocycles. The van der Waals surface area contributed by atoms with Crippen LogP contribution in [0.15, 0.2) is 54.1 Å². The average molecular weight is 504 g/mol. The van der Waals surface area contributed by atoms with E-state index in [-0.39, 0.29) is 25.0 Å². The van der Waals surface area contributed by atoms with E-state index in [9.17, 15) is 27.6 Å². The minimum Gasteiger partial charge on any atom is -0.497 e. The summed E-state index contributed by atoms with van der Waals surface area (Å²) in [5, 5.41) is 2.58. The highest BCUT2D eigenvalue weighted by molar-refractivity contribution is 6.26. The molecule has 0 radical (unpaired) electrons. The Balaban J connectivity index is 2.01. The highest BCUT2D eigenvalue weighted by Crippen LogP contribution is 2.35.